The first-order chi connectivity index (χ1) is 9.83. The smallest absolute Gasteiger partial charge is 0.264 e. The molecule has 0 unspecified atom stereocenters. The first-order valence-corrected chi connectivity index (χ1v) is 7.70. The molecule has 112 valence electrons. The molecule has 1 aromatic carbocycles. The van der Waals surface area contributed by atoms with Crippen molar-refractivity contribution in [2.24, 2.45) is 5.73 Å². The molecule has 0 fully saturated rings. The van der Waals surface area contributed by atoms with Gasteiger partial charge < -0.3 is 5.73 Å². The Labute approximate surface area is 122 Å². The van der Waals surface area contributed by atoms with E-state index < -0.39 is 15.6 Å². The molecule has 21 heavy (non-hydrogen) atoms. The van der Waals surface area contributed by atoms with Crippen molar-refractivity contribution < 1.29 is 8.42 Å². The lowest BCUT2D eigenvalue weighted by atomic mass is 10.1. The van der Waals surface area contributed by atoms with E-state index in [0.717, 1.165) is 11.1 Å². The van der Waals surface area contributed by atoms with Crippen LogP contribution < -0.4 is 16.0 Å². The molecule has 0 bridgehead atoms. The molecule has 2 rings (SSSR count). The lowest BCUT2D eigenvalue weighted by Gasteiger charge is -2.12. The Balaban J connectivity index is 2.44. The van der Waals surface area contributed by atoms with Crippen molar-refractivity contribution in [3.63, 3.8) is 0 Å². The van der Waals surface area contributed by atoms with Crippen LogP contribution in [0.25, 0.3) is 0 Å². The SMILES string of the molecule is Cc1cc(C)c(S(=O)(=O)Nc2ccc(=O)[nH]n2)cc1CN. The number of H-pyrrole nitrogens is 1. The first kappa shape index (κ1) is 15.2. The third-order valence-electron chi connectivity index (χ3n) is 3.06. The van der Waals surface area contributed by atoms with Crippen molar-refractivity contribution >= 4 is 15.8 Å². The van der Waals surface area contributed by atoms with Crippen molar-refractivity contribution in [2.45, 2.75) is 25.3 Å². The number of hydrogen-bond donors (Lipinski definition) is 3. The molecular weight excluding hydrogens is 292 g/mol. The minimum atomic E-state index is -3.80. The molecule has 7 nitrogen and oxygen atoms in total. The molecule has 1 heterocycles. The second-order valence-corrected chi connectivity index (χ2v) is 6.31. The van der Waals surface area contributed by atoms with Gasteiger partial charge in [0.2, 0.25) is 0 Å². The Morgan fingerprint density at radius 3 is 2.52 bits per heavy atom. The lowest BCUT2D eigenvalue weighted by molar-refractivity contribution is 0.600. The summed E-state index contributed by atoms with van der Waals surface area (Å²) in [6.45, 7) is 3.84. The summed E-state index contributed by atoms with van der Waals surface area (Å²) in [5.74, 6) is 0.0453. The van der Waals surface area contributed by atoms with Gasteiger partial charge in [0.05, 0.1) is 4.90 Å². The van der Waals surface area contributed by atoms with Gasteiger partial charge in [-0.25, -0.2) is 13.5 Å². The number of benzene rings is 1. The largest absolute Gasteiger partial charge is 0.326 e. The number of rotatable bonds is 4. The predicted octanol–water partition coefficient (Wildman–Crippen LogP) is 0.646. The number of sulfonamides is 1. The molecule has 0 spiro atoms. The van der Waals surface area contributed by atoms with Crippen LogP contribution in [0.1, 0.15) is 16.7 Å². The van der Waals surface area contributed by atoms with E-state index in [9.17, 15) is 13.2 Å². The van der Waals surface area contributed by atoms with Gasteiger partial charge in [-0.3, -0.25) is 9.52 Å². The molecule has 2 aromatic rings. The Morgan fingerprint density at radius 1 is 1.24 bits per heavy atom. The molecule has 4 N–H and O–H groups in total. The van der Waals surface area contributed by atoms with Crippen LogP contribution in [0.15, 0.2) is 34.0 Å². The third-order valence-corrected chi connectivity index (χ3v) is 4.56. The van der Waals surface area contributed by atoms with Gasteiger partial charge in [-0.2, -0.15) is 5.10 Å². The quantitative estimate of drug-likeness (QED) is 0.766. The molecule has 0 atom stereocenters. The first-order valence-electron chi connectivity index (χ1n) is 6.22. The lowest BCUT2D eigenvalue weighted by Crippen LogP contribution is -2.18. The average molecular weight is 308 g/mol. The van der Waals surface area contributed by atoms with Crippen LogP contribution in [0.2, 0.25) is 0 Å². The van der Waals surface area contributed by atoms with Crippen LogP contribution in [0, 0.1) is 13.8 Å². The van der Waals surface area contributed by atoms with E-state index in [1.165, 1.54) is 12.1 Å². The van der Waals surface area contributed by atoms with Crippen LogP contribution in [-0.4, -0.2) is 18.6 Å². The summed E-state index contributed by atoms with van der Waals surface area (Å²) >= 11 is 0. The van der Waals surface area contributed by atoms with Crippen molar-refractivity contribution in [1.29, 1.82) is 0 Å². The van der Waals surface area contributed by atoms with Crippen LogP contribution >= 0.6 is 0 Å². The fourth-order valence-electron chi connectivity index (χ4n) is 1.98. The van der Waals surface area contributed by atoms with Crippen LogP contribution in [0.3, 0.4) is 0 Å². The zero-order valence-electron chi connectivity index (χ0n) is 11.7. The summed E-state index contributed by atoms with van der Waals surface area (Å²) in [4.78, 5) is 11.1. The van der Waals surface area contributed by atoms with Gasteiger partial charge >= 0.3 is 0 Å². The Kier molecular flexibility index (Phi) is 4.10. The number of nitrogens with zero attached hydrogens (tertiary/aromatic N) is 1. The molecule has 0 aliphatic carbocycles. The standard InChI is InChI=1S/C13H16N4O3S/c1-8-5-9(2)11(6-10(8)7-14)21(19,20)17-12-3-4-13(18)16-15-12/h3-6H,7,14H2,1-2H3,(H,15,17)(H,16,18). The van der Waals surface area contributed by atoms with Gasteiger partial charge in [-0.1, -0.05) is 6.07 Å². The van der Waals surface area contributed by atoms with Crippen LogP contribution in [0.5, 0.6) is 0 Å². The van der Waals surface area contributed by atoms with E-state index in [1.54, 1.807) is 19.1 Å². The predicted molar refractivity (Wildman–Crippen MR) is 79.5 cm³/mol. The monoisotopic (exact) mass is 308 g/mol. The summed E-state index contributed by atoms with van der Waals surface area (Å²) in [7, 11) is -3.80. The van der Waals surface area contributed by atoms with E-state index in [1.807, 2.05) is 6.92 Å². The Bertz CT molecular complexity index is 807. The number of aryl methyl sites for hydroxylation is 2. The molecule has 0 saturated carbocycles. The number of aromatic nitrogens is 2. The molecule has 0 aliphatic rings. The minimum absolute atomic E-state index is 0.0453. The van der Waals surface area contributed by atoms with Crippen molar-refractivity contribution in [3.05, 3.63) is 51.3 Å². The number of hydrogen-bond acceptors (Lipinski definition) is 5. The van der Waals surface area contributed by atoms with E-state index in [0.29, 0.717) is 5.56 Å². The maximum Gasteiger partial charge on any atom is 0.264 e. The highest BCUT2D eigenvalue weighted by molar-refractivity contribution is 7.92. The number of nitrogens with one attached hydrogen (secondary N) is 2. The molecule has 0 amide bonds. The number of aromatic amines is 1. The van der Waals surface area contributed by atoms with Gasteiger partial charge in [0, 0.05) is 12.6 Å². The molecular formula is C13H16N4O3S. The second kappa shape index (κ2) is 5.66. The molecule has 0 saturated heterocycles. The van der Waals surface area contributed by atoms with E-state index in [4.69, 9.17) is 5.73 Å². The molecule has 0 aliphatic heterocycles. The second-order valence-electron chi connectivity index (χ2n) is 4.66. The Hall–Kier alpha value is -2.19. The van der Waals surface area contributed by atoms with E-state index in [-0.39, 0.29) is 17.3 Å². The Morgan fingerprint density at radius 2 is 1.95 bits per heavy atom. The van der Waals surface area contributed by atoms with Crippen molar-refractivity contribution in [3.8, 4) is 0 Å². The summed E-state index contributed by atoms with van der Waals surface area (Å²) in [6.07, 6.45) is 0. The molecule has 1 aromatic heterocycles. The van der Waals surface area contributed by atoms with Gasteiger partial charge in [-0.15, -0.1) is 0 Å². The van der Waals surface area contributed by atoms with Crippen molar-refractivity contribution in [2.75, 3.05) is 4.72 Å². The average Bonchev–Trinajstić information content (AvgIpc) is 2.41. The zero-order chi connectivity index (χ0) is 15.6. The number of nitrogens with two attached hydrogens (primary N) is 1. The fourth-order valence-corrected chi connectivity index (χ4v) is 3.26. The minimum Gasteiger partial charge on any atom is -0.326 e. The molecule has 8 heteroatoms. The summed E-state index contributed by atoms with van der Waals surface area (Å²) < 4.78 is 27.1. The fraction of sp³-hybridized carbons (Fsp3) is 0.231. The maximum absolute atomic E-state index is 12.4. The normalized spacial score (nSPS) is 11.4. The van der Waals surface area contributed by atoms with Gasteiger partial charge in [0.25, 0.3) is 15.6 Å². The van der Waals surface area contributed by atoms with E-state index >= 15 is 0 Å². The number of anilines is 1. The van der Waals surface area contributed by atoms with Gasteiger partial charge in [0.1, 0.15) is 0 Å². The summed E-state index contributed by atoms with van der Waals surface area (Å²) in [5, 5.41) is 5.79. The summed E-state index contributed by atoms with van der Waals surface area (Å²) in [6, 6.07) is 5.82. The third kappa shape index (κ3) is 3.29. The van der Waals surface area contributed by atoms with Gasteiger partial charge in [-0.05, 0) is 42.7 Å². The van der Waals surface area contributed by atoms with Crippen LogP contribution in [0.4, 0.5) is 5.82 Å². The zero-order valence-corrected chi connectivity index (χ0v) is 12.5. The molecule has 0 radical (unpaired) electrons. The van der Waals surface area contributed by atoms with E-state index in [2.05, 4.69) is 14.9 Å². The maximum atomic E-state index is 12.4. The van der Waals surface area contributed by atoms with Crippen LogP contribution in [-0.2, 0) is 16.6 Å². The highest BCUT2D eigenvalue weighted by atomic mass is 32.2. The topological polar surface area (TPSA) is 118 Å². The van der Waals surface area contributed by atoms with Crippen molar-refractivity contribution in [1.82, 2.24) is 10.2 Å². The van der Waals surface area contributed by atoms with Gasteiger partial charge in [0.15, 0.2) is 5.82 Å². The highest BCUT2D eigenvalue weighted by Gasteiger charge is 2.19. The highest BCUT2D eigenvalue weighted by Crippen LogP contribution is 2.22. The summed E-state index contributed by atoms with van der Waals surface area (Å²) in [5.41, 5.74) is 7.52.